The highest BCUT2D eigenvalue weighted by Crippen LogP contribution is 2.10. The van der Waals surface area contributed by atoms with Gasteiger partial charge >= 0.3 is 6.09 Å². The van der Waals surface area contributed by atoms with Gasteiger partial charge in [-0.15, -0.1) is 0 Å². The molecule has 0 spiro atoms. The monoisotopic (exact) mass is 173 g/mol. The summed E-state index contributed by atoms with van der Waals surface area (Å²) in [5.41, 5.74) is 0.107. The smallest absolute Gasteiger partial charge is 0.407 e. The number of alkyl carbamates (subject to hydrolysis) is 1. The molecule has 0 bridgehead atoms. The topological polar surface area (TPSA) is 38.3 Å². The lowest BCUT2D eigenvalue weighted by Crippen LogP contribution is -2.33. The van der Waals surface area contributed by atoms with Crippen LogP contribution >= 0.6 is 0 Å². The van der Waals surface area contributed by atoms with Crippen molar-refractivity contribution in [3.8, 4) is 0 Å². The number of hydrogen-bond donors (Lipinski definition) is 1. The third kappa shape index (κ3) is 7.38. The van der Waals surface area contributed by atoms with Gasteiger partial charge in [0.15, 0.2) is 0 Å². The minimum absolute atomic E-state index is 0.0510. The normalized spacial score (nSPS) is 11.5. The second kappa shape index (κ2) is 4.33. The average Bonchev–Trinajstić information content (AvgIpc) is 1.80. The predicted molar refractivity (Wildman–Crippen MR) is 49.1 cm³/mol. The Morgan fingerprint density at radius 2 is 1.92 bits per heavy atom. The molecule has 0 saturated carbocycles. The molecule has 0 atom stereocenters. The molecule has 1 N–H and O–H groups in total. The van der Waals surface area contributed by atoms with Gasteiger partial charge in [0.05, 0.1) is 6.10 Å². The molecule has 0 aliphatic heterocycles. The number of hydrogen-bond acceptors (Lipinski definition) is 2. The van der Waals surface area contributed by atoms with Gasteiger partial charge < -0.3 is 10.1 Å². The number of rotatable bonds is 2. The van der Waals surface area contributed by atoms with Crippen LogP contribution in [0.3, 0.4) is 0 Å². The van der Waals surface area contributed by atoms with E-state index in [1.807, 2.05) is 13.8 Å². The second-order valence-corrected chi connectivity index (χ2v) is 4.37. The highest BCUT2D eigenvalue weighted by Gasteiger charge is 2.12. The van der Waals surface area contributed by atoms with E-state index in [4.69, 9.17) is 4.74 Å². The van der Waals surface area contributed by atoms with E-state index in [2.05, 4.69) is 26.1 Å². The third-order valence-corrected chi connectivity index (χ3v) is 1.11. The Hall–Kier alpha value is -0.730. The Balaban J connectivity index is 3.58. The Bertz CT molecular complexity index is 147. The van der Waals surface area contributed by atoms with Crippen LogP contribution in [0.25, 0.3) is 0 Å². The van der Waals surface area contributed by atoms with Crippen LogP contribution in [0.5, 0.6) is 0 Å². The molecule has 0 fully saturated rings. The van der Waals surface area contributed by atoms with Crippen LogP contribution in [0.4, 0.5) is 4.79 Å². The van der Waals surface area contributed by atoms with E-state index in [0.717, 1.165) is 0 Å². The zero-order valence-electron chi connectivity index (χ0n) is 8.60. The number of carbonyl (C=O) groups excluding carboxylic acids is 1. The molecule has 0 rings (SSSR count). The summed E-state index contributed by atoms with van der Waals surface area (Å²) in [7, 11) is 0. The van der Waals surface area contributed by atoms with E-state index >= 15 is 0 Å². The number of amides is 1. The van der Waals surface area contributed by atoms with Gasteiger partial charge in [-0.05, 0) is 19.3 Å². The molecule has 0 aliphatic carbocycles. The van der Waals surface area contributed by atoms with Gasteiger partial charge in [0.1, 0.15) is 0 Å². The summed E-state index contributed by atoms with van der Waals surface area (Å²) in [4.78, 5) is 11.0. The first-order valence-corrected chi connectivity index (χ1v) is 4.26. The van der Waals surface area contributed by atoms with Crippen molar-refractivity contribution in [1.29, 1.82) is 0 Å². The first kappa shape index (κ1) is 11.3. The average molecular weight is 173 g/mol. The van der Waals surface area contributed by atoms with Crippen molar-refractivity contribution < 1.29 is 9.53 Å². The molecule has 1 amide bonds. The Morgan fingerprint density at radius 1 is 1.42 bits per heavy atom. The zero-order chi connectivity index (χ0) is 9.78. The Labute approximate surface area is 74.5 Å². The van der Waals surface area contributed by atoms with Gasteiger partial charge in [0, 0.05) is 6.54 Å². The molecule has 0 radical (unpaired) electrons. The molecule has 0 aromatic heterocycles. The lowest BCUT2D eigenvalue weighted by Gasteiger charge is -2.19. The van der Waals surface area contributed by atoms with Gasteiger partial charge in [0.2, 0.25) is 0 Å². The summed E-state index contributed by atoms with van der Waals surface area (Å²) in [6.07, 6.45) is -0.384. The van der Waals surface area contributed by atoms with Gasteiger partial charge in [-0.1, -0.05) is 20.8 Å². The molecule has 0 saturated heterocycles. The first-order valence-electron chi connectivity index (χ1n) is 4.26. The quantitative estimate of drug-likeness (QED) is 0.695. The maximum atomic E-state index is 11.0. The molecule has 0 heterocycles. The summed E-state index contributed by atoms with van der Waals surface area (Å²) >= 11 is 0. The van der Waals surface area contributed by atoms with Crippen molar-refractivity contribution >= 4 is 6.09 Å². The minimum Gasteiger partial charge on any atom is -0.447 e. The fraction of sp³-hybridized carbons (Fsp3) is 0.889. The van der Waals surface area contributed by atoms with E-state index in [1.54, 1.807) is 0 Å². The van der Waals surface area contributed by atoms with Crippen LogP contribution in [0.2, 0.25) is 0 Å². The molecule has 12 heavy (non-hydrogen) atoms. The summed E-state index contributed by atoms with van der Waals surface area (Å²) < 4.78 is 4.90. The predicted octanol–water partition coefficient (Wildman–Crippen LogP) is 2.17. The van der Waals surface area contributed by atoms with Crippen LogP contribution < -0.4 is 5.32 Å². The van der Waals surface area contributed by atoms with Crippen molar-refractivity contribution in [2.24, 2.45) is 5.41 Å². The van der Waals surface area contributed by atoms with Crippen molar-refractivity contribution in [3.63, 3.8) is 0 Å². The molecule has 3 nitrogen and oxygen atoms in total. The van der Waals surface area contributed by atoms with E-state index in [-0.39, 0.29) is 17.6 Å². The highest BCUT2D eigenvalue weighted by molar-refractivity contribution is 5.67. The molecule has 3 heteroatoms. The van der Waals surface area contributed by atoms with Gasteiger partial charge in [-0.25, -0.2) is 4.79 Å². The summed E-state index contributed by atoms with van der Waals surface area (Å²) in [6.45, 7) is 10.5. The van der Waals surface area contributed by atoms with Gasteiger partial charge in [-0.3, -0.25) is 0 Å². The standard InChI is InChI=1S/C9H19NO2/c1-7(2)12-8(11)10-6-9(3,4)5/h7H,6H2,1-5H3,(H,10,11). The first-order chi connectivity index (χ1) is 5.31. The zero-order valence-corrected chi connectivity index (χ0v) is 8.60. The summed E-state index contributed by atoms with van der Waals surface area (Å²) in [6, 6.07) is 0. The Kier molecular flexibility index (Phi) is 4.07. The second-order valence-electron chi connectivity index (χ2n) is 4.37. The lowest BCUT2D eigenvalue weighted by atomic mass is 9.97. The number of nitrogens with one attached hydrogen (secondary N) is 1. The van der Waals surface area contributed by atoms with Gasteiger partial charge in [-0.2, -0.15) is 0 Å². The third-order valence-electron chi connectivity index (χ3n) is 1.11. The molecule has 0 unspecified atom stereocenters. The van der Waals surface area contributed by atoms with Crippen LogP contribution in [0.15, 0.2) is 0 Å². The molecule has 0 aromatic rings. The molecule has 0 aliphatic rings. The highest BCUT2D eigenvalue weighted by atomic mass is 16.6. The maximum absolute atomic E-state index is 11.0. The van der Waals surface area contributed by atoms with Crippen molar-refractivity contribution in [2.45, 2.75) is 40.7 Å². The van der Waals surface area contributed by atoms with Crippen LogP contribution in [-0.2, 0) is 4.74 Å². The molecule has 0 aromatic carbocycles. The Morgan fingerprint density at radius 3 is 2.25 bits per heavy atom. The van der Waals surface area contributed by atoms with E-state index in [1.165, 1.54) is 0 Å². The van der Waals surface area contributed by atoms with Crippen molar-refractivity contribution in [1.82, 2.24) is 5.32 Å². The van der Waals surface area contributed by atoms with E-state index in [0.29, 0.717) is 6.54 Å². The van der Waals surface area contributed by atoms with Crippen LogP contribution in [-0.4, -0.2) is 18.7 Å². The molecular formula is C9H19NO2. The SMILES string of the molecule is CC(C)OC(=O)NCC(C)(C)C. The van der Waals surface area contributed by atoms with Crippen LogP contribution in [0, 0.1) is 5.41 Å². The maximum Gasteiger partial charge on any atom is 0.407 e. The lowest BCUT2D eigenvalue weighted by molar-refractivity contribution is 0.112. The minimum atomic E-state index is -0.333. The van der Waals surface area contributed by atoms with Crippen molar-refractivity contribution in [2.75, 3.05) is 6.54 Å². The van der Waals surface area contributed by atoms with E-state index < -0.39 is 0 Å². The molecule has 72 valence electrons. The number of ether oxygens (including phenoxy) is 1. The summed E-state index contributed by atoms with van der Waals surface area (Å²) in [5.74, 6) is 0. The number of carbonyl (C=O) groups is 1. The largest absolute Gasteiger partial charge is 0.447 e. The van der Waals surface area contributed by atoms with Gasteiger partial charge in [0.25, 0.3) is 0 Å². The summed E-state index contributed by atoms with van der Waals surface area (Å²) in [5, 5.41) is 2.69. The fourth-order valence-corrected chi connectivity index (χ4v) is 0.593. The molecular weight excluding hydrogens is 154 g/mol. The fourth-order valence-electron chi connectivity index (χ4n) is 0.593. The van der Waals surface area contributed by atoms with Crippen LogP contribution in [0.1, 0.15) is 34.6 Å². The van der Waals surface area contributed by atoms with E-state index in [9.17, 15) is 4.79 Å². The van der Waals surface area contributed by atoms with Crippen molar-refractivity contribution in [3.05, 3.63) is 0 Å².